The van der Waals surface area contributed by atoms with Gasteiger partial charge < -0.3 is 15.4 Å². The van der Waals surface area contributed by atoms with Crippen LogP contribution in [0.1, 0.15) is 12.5 Å². The molecule has 0 aromatic heterocycles. The second-order valence-corrected chi connectivity index (χ2v) is 4.54. The van der Waals surface area contributed by atoms with Crippen LogP contribution in [0.5, 0.6) is 5.75 Å². The zero-order valence-corrected chi connectivity index (χ0v) is 11.8. The lowest BCUT2D eigenvalue weighted by molar-refractivity contribution is 0.409. The SMILES string of the molecule is CCN(Cc1cc(N)ccc1OC)c1ccccc1F. The van der Waals surface area contributed by atoms with Crippen LogP contribution in [-0.2, 0) is 6.54 Å². The van der Waals surface area contributed by atoms with Crippen molar-refractivity contribution < 1.29 is 9.13 Å². The van der Waals surface area contributed by atoms with Crippen LogP contribution in [0.2, 0.25) is 0 Å². The largest absolute Gasteiger partial charge is 0.496 e. The molecule has 2 N–H and O–H groups in total. The molecule has 0 unspecified atom stereocenters. The quantitative estimate of drug-likeness (QED) is 0.849. The number of methoxy groups -OCH3 is 1. The van der Waals surface area contributed by atoms with E-state index in [1.165, 1.54) is 6.07 Å². The molecule has 0 heterocycles. The Balaban J connectivity index is 2.31. The van der Waals surface area contributed by atoms with Crippen molar-refractivity contribution in [2.24, 2.45) is 0 Å². The summed E-state index contributed by atoms with van der Waals surface area (Å²) >= 11 is 0. The van der Waals surface area contributed by atoms with Gasteiger partial charge in [-0.05, 0) is 37.3 Å². The van der Waals surface area contributed by atoms with Gasteiger partial charge >= 0.3 is 0 Å². The molecule has 0 radical (unpaired) electrons. The molecule has 0 saturated carbocycles. The number of halogens is 1. The van der Waals surface area contributed by atoms with Crippen LogP contribution in [0.15, 0.2) is 42.5 Å². The first-order valence-corrected chi connectivity index (χ1v) is 6.57. The molecule has 0 spiro atoms. The number of hydrogen-bond acceptors (Lipinski definition) is 3. The minimum Gasteiger partial charge on any atom is -0.496 e. The first kappa shape index (κ1) is 14.2. The van der Waals surface area contributed by atoms with Crippen LogP contribution in [0, 0.1) is 5.82 Å². The van der Waals surface area contributed by atoms with Crippen LogP contribution in [0.3, 0.4) is 0 Å². The maximum Gasteiger partial charge on any atom is 0.146 e. The fraction of sp³-hybridized carbons (Fsp3) is 0.250. The number of benzene rings is 2. The van der Waals surface area contributed by atoms with E-state index in [9.17, 15) is 4.39 Å². The molecule has 20 heavy (non-hydrogen) atoms. The molecule has 0 amide bonds. The first-order valence-electron chi connectivity index (χ1n) is 6.57. The molecule has 3 nitrogen and oxygen atoms in total. The minimum atomic E-state index is -0.225. The van der Waals surface area contributed by atoms with Gasteiger partial charge in [-0.25, -0.2) is 4.39 Å². The van der Waals surface area contributed by atoms with E-state index in [1.807, 2.05) is 30.0 Å². The molecule has 0 aliphatic rings. The number of hydrogen-bond donors (Lipinski definition) is 1. The number of ether oxygens (including phenoxy) is 1. The number of anilines is 2. The number of para-hydroxylation sites is 1. The summed E-state index contributed by atoms with van der Waals surface area (Å²) in [6.07, 6.45) is 0. The third-order valence-electron chi connectivity index (χ3n) is 3.24. The molecule has 2 rings (SSSR count). The van der Waals surface area contributed by atoms with Crippen molar-refractivity contribution in [3.05, 3.63) is 53.8 Å². The lowest BCUT2D eigenvalue weighted by Gasteiger charge is -2.24. The molecular formula is C16H19FN2O. The fourth-order valence-electron chi connectivity index (χ4n) is 2.20. The highest BCUT2D eigenvalue weighted by atomic mass is 19.1. The van der Waals surface area contributed by atoms with E-state index >= 15 is 0 Å². The van der Waals surface area contributed by atoms with E-state index in [-0.39, 0.29) is 5.82 Å². The van der Waals surface area contributed by atoms with Gasteiger partial charge in [0, 0.05) is 24.3 Å². The zero-order chi connectivity index (χ0) is 14.5. The lowest BCUT2D eigenvalue weighted by Crippen LogP contribution is -2.23. The topological polar surface area (TPSA) is 38.5 Å². The van der Waals surface area contributed by atoms with E-state index in [2.05, 4.69) is 0 Å². The number of nitrogen functional groups attached to an aromatic ring is 1. The monoisotopic (exact) mass is 274 g/mol. The third-order valence-corrected chi connectivity index (χ3v) is 3.24. The molecule has 0 aliphatic heterocycles. The van der Waals surface area contributed by atoms with Gasteiger partial charge in [0.15, 0.2) is 0 Å². The van der Waals surface area contributed by atoms with Crippen LogP contribution in [-0.4, -0.2) is 13.7 Å². The van der Waals surface area contributed by atoms with E-state index < -0.39 is 0 Å². The molecule has 106 valence electrons. The zero-order valence-electron chi connectivity index (χ0n) is 11.8. The van der Waals surface area contributed by atoms with Crippen molar-refractivity contribution in [1.29, 1.82) is 0 Å². The van der Waals surface area contributed by atoms with Crippen LogP contribution < -0.4 is 15.4 Å². The van der Waals surface area contributed by atoms with Crippen molar-refractivity contribution in [2.45, 2.75) is 13.5 Å². The standard InChI is InChI=1S/C16H19FN2O/c1-3-19(15-7-5-4-6-14(15)17)11-12-10-13(18)8-9-16(12)20-2/h4-10H,3,11,18H2,1-2H3. The Morgan fingerprint density at radius 3 is 2.60 bits per heavy atom. The Morgan fingerprint density at radius 2 is 1.95 bits per heavy atom. The highest BCUT2D eigenvalue weighted by Gasteiger charge is 2.12. The summed E-state index contributed by atoms with van der Waals surface area (Å²) in [6, 6.07) is 12.3. The van der Waals surface area contributed by atoms with Gasteiger partial charge in [0.05, 0.1) is 12.8 Å². The number of nitrogens with zero attached hydrogens (tertiary/aromatic N) is 1. The molecule has 4 heteroatoms. The van der Waals surface area contributed by atoms with Gasteiger partial charge in [-0.2, -0.15) is 0 Å². The molecule has 0 fully saturated rings. The number of nitrogens with two attached hydrogens (primary N) is 1. The molecule has 0 aliphatic carbocycles. The summed E-state index contributed by atoms with van der Waals surface area (Å²) < 4.78 is 19.2. The van der Waals surface area contributed by atoms with Crippen molar-refractivity contribution >= 4 is 11.4 Å². The smallest absolute Gasteiger partial charge is 0.146 e. The van der Waals surface area contributed by atoms with Gasteiger partial charge in [0.2, 0.25) is 0 Å². The van der Waals surface area contributed by atoms with Gasteiger partial charge in [-0.15, -0.1) is 0 Å². The van der Waals surface area contributed by atoms with Crippen LogP contribution >= 0.6 is 0 Å². The maximum atomic E-state index is 13.9. The average Bonchev–Trinajstić information content (AvgIpc) is 2.46. The normalized spacial score (nSPS) is 10.3. The maximum absolute atomic E-state index is 13.9. The van der Waals surface area contributed by atoms with Gasteiger partial charge in [0.25, 0.3) is 0 Å². The summed E-state index contributed by atoms with van der Waals surface area (Å²) in [7, 11) is 1.62. The molecule has 0 bridgehead atoms. The predicted octanol–water partition coefficient (Wildman–Crippen LogP) is 3.44. The molecule has 2 aromatic rings. The summed E-state index contributed by atoms with van der Waals surface area (Å²) in [5, 5.41) is 0. The van der Waals surface area contributed by atoms with Gasteiger partial charge in [0.1, 0.15) is 11.6 Å². The summed E-state index contributed by atoms with van der Waals surface area (Å²) in [5.41, 5.74) is 8.02. The molecule has 0 saturated heterocycles. The fourth-order valence-corrected chi connectivity index (χ4v) is 2.20. The van der Waals surface area contributed by atoms with E-state index in [0.29, 0.717) is 24.5 Å². The Hall–Kier alpha value is -2.23. The van der Waals surface area contributed by atoms with Crippen molar-refractivity contribution in [1.82, 2.24) is 0 Å². The Morgan fingerprint density at radius 1 is 1.20 bits per heavy atom. The first-order chi connectivity index (χ1) is 9.65. The molecule has 0 atom stereocenters. The predicted molar refractivity (Wildman–Crippen MR) is 80.5 cm³/mol. The van der Waals surface area contributed by atoms with E-state index in [0.717, 1.165) is 11.3 Å². The highest BCUT2D eigenvalue weighted by molar-refractivity contribution is 5.52. The second-order valence-electron chi connectivity index (χ2n) is 4.54. The summed E-state index contributed by atoms with van der Waals surface area (Å²) in [4.78, 5) is 1.95. The van der Waals surface area contributed by atoms with Crippen molar-refractivity contribution in [2.75, 3.05) is 24.3 Å². The number of rotatable bonds is 5. The van der Waals surface area contributed by atoms with Crippen molar-refractivity contribution in [3.63, 3.8) is 0 Å². The summed E-state index contributed by atoms with van der Waals surface area (Å²) in [5.74, 6) is 0.534. The Kier molecular flexibility index (Phi) is 4.45. The van der Waals surface area contributed by atoms with Crippen molar-refractivity contribution in [3.8, 4) is 5.75 Å². The Labute approximate surface area is 118 Å². The highest BCUT2D eigenvalue weighted by Crippen LogP contribution is 2.26. The third kappa shape index (κ3) is 3.02. The minimum absolute atomic E-state index is 0.225. The van der Waals surface area contributed by atoms with E-state index in [1.54, 1.807) is 25.3 Å². The Bertz CT molecular complexity index is 586. The lowest BCUT2D eigenvalue weighted by atomic mass is 10.1. The second kappa shape index (κ2) is 6.28. The average molecular weight is 274 g/mol. The van der Waals surface area contributed by atoms with Gasteiger partial charge in [-0.1, -0.05) is 12.1 Å². The van der Waals surface area contributed by atoms with Crippen LogP contribution in [0.25, 0.3) is 0 Å². The van der Waals surface area contributed by atoms with Gasteiger partial charge in [-0.3, -0.25) is 0 Å². The molecular weight excluding hydrogens is 255 g/mol. The molecule has 2 aromatic carbocycles. The summed E-state index contributed by atoms with van der Waals surface area (Å²) in [6.45, 7) is 3.23. The van der Waals surface area contributed by atoms with Crippen LogP contribution in [0.4, 0.5) is 15.8 Å². The van der Waals surface area contributed by atoms with E-state index in [4.69, 9.17) is 10.5 Å².